The van der Waals surface area contributed by atoms with E-state index in [1.54, 1.807) is 0 Å². The third-order valence-electron chi connectivity index (χ3n) is 2.70. The minimum atomic E-state index is -1.21. The first-order valence-corrected chi connectivity index (χ1v) is 17.0. The summed E-state index contributed by atoms with van der Waals surface area (Å²) in [5, 5.41) is 51.0. The molecule has 0 saturated heterocycles. The maximum atomic E-state index is 8.66. The van der Waals surface area contributed by atoms with E-state index in [0.717, 1.165) is 0 Å². The van der Waals surface area contributed by atoms with Gasteiger partial charge in [0.05, 0.1) is 45.2 Å². The third kappa shape index (κ3) is 15.2. The normalized spacial score (nSPS) is 11.4. The fourth-order valence-electron chi connectivity index (χ4n) is 0.635. The molecule has 0 aliphatic rings. The van der Waals surface area contributed by atoms with Crippen LogP contribution in [0.4, 0.5) is 0 Å². The summed E-state index contributed by atoms with van der Waals surface area (Å²) in [5.74, 6) is 0. The Morgan fingerprint density at radius 3 is 0.952 bits per heavy atom. The van der Waals surface area contributed by atoms with Gasteiger partial charge >= 0.3 is 34.6 Å². The molecule has 0 saturated carbocycles. The van der Waals surface area contributed by atoms with E-state index in [9.17, 15) is 0 Å². The molecule has 21 heavy (non-hydrogen) atoms. The molecule has 0 rings (SSSR count). The SMILES string of the molecule is CCC(CO)(CO)CO.NC(CO)(CO)CO.[CH3][SnH]([CH3])[CH3]. The molecule has 0 aromatic heterocycles. The Kier molecular flexibility index (Phi) is 19.4. The van der Waals surface area contributed by atoms with Crippen LogP contribution in [0.1, 0.15) is 13.3 Å². The molecule has 0 bridgehead atoms. The number of aliphatic hydroxyl groups is 6. The van der Waals surface area contributed by atoms with Crippen molar-refractivity contribution in [3.05, 3.63) is 0 Å². The summed E-state index contributed by atoms with van der Waals surface area (Å²) in [6.07, 6.45) is 0.594. The summed E-state index contributed by atoms with van der Waals surface area (Å²) in [6, 6.07) is 0. The van der Waals surface area contributed by atoms with Gasteiger partial charge in [0.25, 0.3) is 0 Å². The predicted molar refractivity (Wildman–Crippen MR) is 86.9 cm³/mol. The topological polar surface area (TPSA) is 147 Å². The number of hydrogen-bond acceptors (Lipinski definition) is 7. The van der Waals surface area contributed by atoms with Gasteiger partial charge in [0.1, 0.15) is 0 Å². The van der Waals surface area contributed by atoms with Crippen molar-refractivity contribution >= 4 is 19.8 Å². The van der Waals surface area contributed by atoms with Gasteiger partial charge in [0.15, 0.2) is 0 Å². The first-order valence-electron chi connectivity index (χ1n) is 7.10. The Balaban J connectivity index is -0.000000249. The summed E-state index contributed by atoms with van der Waals surface area (Å²) >= 11 is -0.637. The first kappa shape index (κ1) is 26.4. The van der Waals surface area contributed by atoms with E-state index in [2.05, 4.69) is 14.8 Å². The van der Waals surface area contributed by atoms with Crippen LogP contribution in [0.15, 0.2) is 0 Å². The van der Waals surface area contributed by atoms with Crippen molar-refractivity contribution in [2.75, 3.05) is 39.6 Å². The van der Waals surface area contributed by atoms with Crippen molar-refractivity contribution in [1.82, 2.24) is 0 Å². The van der Waals surface area contributed by atoms with Gasteiger partial charge < -0.3 is 36.4 Å². The van der Waals surface area contributed by atoms with Crippen molar-refractivity contribution in [2.45, 2.75) is 33.7 Å². The molecular weight excluding hydrogens is 385 g/mol. The van der Waals surface area contributed by atoms with Gasteiger partial charge in [-0.3, -0.25) is 0 Å². The van der Waals surface area contributed by atoms with Crippen LogP contribution in [-0.4, -0.2) is 95.6 Å². The Bertz CT molecular complexity index is 182. The molecule has 8 N–H and O–H groups in total. The van der Waals surface area contributed by atoms with Crippen LogP contribution in [0.25, 0.3) is 0 Å². The molecule has 0 heterocycles. The molecule has 0 aliphatic carbocycles. The molecular formula is C13H35NO6Sn. The molecule has 0 atom stereocenters. The fourth-order valence-corrected chi connectivity index (χ4v) is 0.635. The zero-order chi connectivity index (χ0) is 17.5. The van der Waals surface area contributed by atoms with Gasteiger partial charge in [0.2, 0.25) is 0 Å². The van der Waals surface area contributed by atoms with Crippen LogP contribution < -0.4 is 5.73 Å². The van der Waals surface area contributed by atoms with E-state index >= 15 is 0 Å². The zero-order valence-electron chi connectivity index (χ0n) is 13.8. The van der Waals surface area contributed by atoms with Crippen LogP contribution >= 0.6 is 0 Å². The summed E-state index contributed by atoms with van der Waals surface area (Å²) in [6.45, 7) is 0.145. The van der Waals surface area contributed by atoms with Crippen molar-refractivity contribution in [3.8, 4) is 0 Å². The van der Waals surface area contributed by atoms with E-state index in [1.807, 2.05) is 6.92 Å². The summed E-state index contributed by atoms with van der Waals surface area (Å²) in [4.78, 5) is 7.13. The number of hydrogen-bond donors (Lipinski definition) is 7. The van der Waals surface area contributed by atoms with Gasteiger partial charge in [-0.05, 0) is 6.42 Å². The first-order chi connectivity index (χ1) is 9.66. The monoisotopic (exact) mass is 421 g/mol. The van der Waals surface area contributed by atoms with Gasteiger partial charge in [-0.25, -0.2) is 0 Å². The molecule has 132 valence electrons. The summed E-state index contributed by atoms with van der Waals surface area (Å²) in [5.41, 5.74) is 3.27. The molecule has 0 amide bonds. The quantitative estimate of drug-likeness (QED) is 0.239. The standard InChI is InChI=1S/C6H14O3.C4H11NO3.3CH3.Sn.H/c1-2-6(3-7,4-8)5-9;5-4(1-6,2-7)3-8;;;;;/h7-9H,2-5H2,1H3;6-8H,1-3,5H2;3*1H3;;. The maximum absolute atomic E-state index is 8.66. The van der Waals surface area contributed by atoms with Crippen LogP contribution in [0.2, 0.25) is 14.8 Å². The van der Waals surface area contributed by atoms with E-state index in [1.165, 1.54) is 0 Å². The Labute approximate surface area is 135 Å². The van der Waals surface area contributed by atoms with Gasteiger partial charge in [0, 0.05) is 5.41 Å². The van der Waals surface area contributed by atoms with Crippen molar-refractivity contribution in [3.63, 3.8) is 0 Å². The average Bonchev–Trinajstić information content (AvgIpc) is 2.49. The Hall–Kier alpha value is 0.519. The second kappa shape index (κ2) is 15.4. The molecule has 0 radical (unpaired) electrons. The summed E-state index contributed by atoms with van der Waals surface area (Å²) in [7, 11) is 0. The molecule has 0 aromatic carbocycles. The predicted octanol–water partition coefficient (Wildman–Crippen LogP) is -1.88. The van der Waals surface area contributed by atoms with Crippen molar-refractivity contribution in [2.24, 2.45) is 11.1 Å². The number of nitrogens with two attached hydrogens (primary N) is 1. The van der Waals surface area contributed by atoms with Gasteiger partial charge in [-0.15, -0.1) is 0 Å². The van der Waals surface area contributed by atoms with Gasteiger partial charge in [-0.1, -0.05) is 6.92 Å². The van der Waals surface area contributed by atoms with E-state index < -0.39 is 50.5 Å². The number of rotatable bonds is 7. The fraction of sp³-hybridized carbons (Fsp3) is 1.00. The van der Waals surface area contributed by atoms with Crippen molar-refractivity contribution < 1.29 is 30.6 Å². The second-order valence-corrected chi connectivity index (χ2v) is 15.8. The van der Waals surface area contributed by atoms with Crippen LogP contribution in [-0.2, 0) is 0 Å². The summed E-state index contributed by atoms with van der Waals surface area (Å²) < 4.78 is 0. The van der Waals surface area contributed by atoms with Crippen LogP contribution in [0, 0.1) is 5.41 Å². The van der Waals surface area contributed by atoms with E-state index in [4.69, 9.17) is 36.4 Å². The van der Waals surface area contributed by atoms with Gasteiger partial charge in [-0.2, -0.15) is 0 Å². The zero-order valence-corrected chi connectivity index (χ0v) is 17.1. The van der Waals surface area contributed by atoms with E-state index in [-0.39, 0.29) is 19.8 Å². The molecule has 8 heteroatoms. The third-order valence-corrected chi connectivity index (χ3v) is 2.70. The molecule has 7 nitrogen and oxygen atoms in total. The van der Waals surface area contributed by atoms with Crippen molar-refractivity contribution in [1.29, 1.82) is 0 Å². The minimum absolute atomic E-state index is 0.156. The van der Waals surface area contributed by atoms with Crippen LogP contribution in [0.3, 0.4) is 0 Å². The average molecular weight is 420 g/mol. The Morgan fingerprint density at radius 2 is 0.952 bits per heavy atom. The Morgan fingerprint density at radius 1 is 0.714 bits per heavy atom. The molecule has 0 unspecified atom stereocenters. The second-order valence-electron chi connectivity index (χ2n) is 5.90. The number of aliphatic hydroxyl groups excluding tert-OH is 6. The van der Waals surface area contributed by atoms with E-state index in [0.29, 0.717) is 6.42 Å². The van der Waals surface area contributed by atoms with Crippen LogP contribution in [0.5, 0.6) is 0 Å². The molecule has 0 spiro atoms. The molecule has 0 aliphatic heterocycles. The molecule has 0 aromatic rings. The molecule has 0 fully saturated rings.